The summed E-state index contributed by atoms with van der Waals surface area (Å²) in [6.07, 6.45) is 2.40. The van der Waals surface area contributed by atoms with Gasteiger partial charge in [0.25, 0.3) is 5.91 Å². The Labute approximate surface area is 163 Å². The molecule has 144 valence electrons. The molecule has 2 aromatic rings. The second kappa shape index (κ2) is 8.57. The fourth-order valence-electron chi connectivity index (χ4n) is 3.74. The number of hydrogen-bond donors (Lipinski definition) is 1. The molecule has 0 saturated carbocycles. The van der Waals surface area contributed by atoms with E-state index in [1.165, 1.54) is 24.0 Å². The van der Waals surface area contributed by atoms with E-state index < -0.39 is 0 Å². The quantitative estimate of drug-likeness (QED) is 0.842. The molecule has 2 aromatic carbocycles. The second-order valence-corrected chi connectivity index (χ2v) is 7.81. The van der Waals surface area contributed by atoms with E-state index in [1.54, 1.807) is 0 Å². The van der Waals surface area contributed by atoms with Crippen molar-refractivity contribution in [2.75, 3.05) is 38.6 Å². The number of hydrogen-bond acceptors (Lipinski definition) is 3. The van der Waals surface area contributed by atoms with Crippen LogP contribution in [0.15, 0.2) is 42.5 Å². The van der Waals surface area contributed by atoms with Crippen LogP contribution in [0.1, 0.15) is 45.9 Å². The van der Waals surface area contributed by atoms with Gasteiger partial charge in [-0.15, -0.1) is 0 Å². The summed E-state index contributed by atoms with van der Waals surface area (Å²) in [7, 11) is 4.11. The fraction of sp³-hybridized carbons (Fsp3) is 0.435. The molecule has 1 amide bonds. The molecule has 27 heavy (non-hydrogen) atoms. The molecule has 1 atom stereocenters. The molecular weight excluding hydrogens is 334 g/mol. The van der Waals surface area contributed by atoms with Crippen molar-refractivity contribution in [2.45, 2.75) is 32.7 Å². The predicted molar refractivity (Wildman–Crippen MR) is 113 cm³/mol. The first kappa shape index (κ1) is 19.4. The van der Waals surface area contributed by atoms with Crippen LogP contribution in [0.2, 0.25) is 0 Å². The van der Waals surface area contributed by atoms with E-state index >= 15 is 0 Å². The highest BCUT2D eigenvalue weighted by Crippen LogP contribution is 2.26. The number of likely N-dealkylation sites (N-methyl/N-ethyl adjacent to an activating group) is 1. The number of amides is 1. The van der Waals surface area contributed by atoms with Gasteiger partial charge in [-0.3, -0.25) is 4.79 Å². The average Bonchev–Trinajstić information content (AvgIpc) is 3.17. The van der Waals surface area contributed by atoms with E-state index in [0.717, 1.165) is 29.9 Å². The zero-order valence-electron chi connectivity index (χ0n) is 17.0. The molecule has 0 bridgehead atoms. The zero-order valence-corrected chi connectivity index (χ0v) is 17.0. The molecule has 0 aliphatic carbocycles. The molecule has 4 nitrogen and oxygen atoms in total. The van der Waals surface area contributed by atoms with E-state index in [1.807, 2.05) is 13.0 Å². The third-order valence-electron chi connectivity index (χ3n) is 5.38. The normalized spacial score (nSPS) is 15.2. The van der Waals surface area contributed by atoms with E-state index in [4.69, 9.17) is 0 Å². The Bertz CT molecular complexity index is 777. The Morgan fingerprint density at radius 1 is 1.04 bits per heavy atom. The number of carbonyl (C=O) groups is 1. The van der Waals surface area contributed by atoms with Crippen molar-refractivity contribution in [1.29, 1.82) is 0 Å². The van der Waals surface area contributed by atoms with Gasteiger partial charge in [0, 0.05) is 25.3 Å². The van der Waals surface area contributed by atoms with Gasteiger partial charge in [0.2, 0.25) is 0 Å². The maximum absolute atomic E-state index is 13.0. The van der Waals surface area contributed by atoms with Gasteiger partial charge in [-0.05, 0) is 58.5 Å². The van der Waals surface area contributed by atoms with Crippen molar-refractivity contribution >= 4 is 11.6 Å². The fourth-order valence-corrected chi connectivity index (χ4v) is 3.74. The minimum atomic E-state index is 0.0135. The first-order chi connectivity index (χ1) is 13.0. The number of nitrogens with zero attached hydrogens (tertiary/aromatic N) is 2. The van der Waals surface area contributed by atoms with Crippen molar-refractivity contribution in [2.24, 2.45) is 0 Å². The highest BCUT2D eigenvalue weighted by Gasteiger charge is 2.21. The largest absolute Gasteiger partial charge is 0.371 e. The Balaban J connectivity index is 1.76. The van der Waals surface area contributed by atoms with E-state index in [2.05, 4.69) is 72.5 Å². The first-order valence-corrected chi connectivity index (χ1v) is 9.82. The summed E-state index contributed by atoms with van der Waals surface area (Å²) >= 11 is 0. The van der Waals surface area contributed by atoms with E-state index in [-0.39, 0.29) is 11.9 Å². The highest BCUT2D eigenvalue weighted by atomic mass is 16.1. The van der Waals surface area contributed by atoms with E-state index in [9.17, 15) is 4.79 Å². The van der Waals surface area contributed by atoms with Crippen molar-refractivity contribution in [3.63, 3.8) is 0 Å². The highest BCUT2D eigenvalue weighted by molar-refractivity contribution is 6.00. The van der Waals surface area contributed by atoms with Crippen molar-refractivity contribution in [3.05, 3.63) is 64.7 Å². The minimum absolute atomic E-state index is 0.0135. The van der Waals surface area contributed by atoms with Gasteiger partial charge in [-0.1, -0.05) is 41.5 Å². The smallest absolute Gasteiger partial charge is 0.253 e. The summed E-state index contributed by atoms with van der Waals surface area (Å²) in [5.74, 6) is 0.0135. The molecule has 4 heteroatoms. The molecule has 1 fully saturated rings. The molecule has 1 aliphatic rings. The Morgan fingerprint density at radius 2 is 1.67 bits per heavy atom. The molecule has 1 unspecified atom stereocenters. The lowest BCUT2D eigenvalue weighted by Crippen LogP contribution is -2.35. The van der Waals surface area contributed by atoms with Gasteiger partial charge in [0.1, 0.15) is 0 Å². The van der Waals surface area contributed by atoms with Crippen LogP contribution in [0.3, 0.4) is 0 Å². The molecule has 1 N–H and O–H groups in total. The lowest BCUT2D eigenvalue weighted by molar-refractivity contribution is 0.0942. The SMILES string of the molecule is Cc1ccc(C(CNC(=O)c2cc(C)ccc2N2CCCC2)N(C)C)cc1. The van der Waals surface area contributed by atoms with Gasteiger partial charge < -0.3 is 15.1 Å². The number of benzene rings is 2. The van der Waals surface area contributed by atoms with Gasteiger partial charge in [0.05, 0.1) is 11.6 Å². The van der Waals surface area contributed by atoms with E-state index in [0.29, 0.717) is 6.54 Å². The number of carbonyl (C=O) groups excluding carboxylic acids is 1. The minimum Gasteiger partial charge on any atom is -0.371 e. The summed E-state index contributed by atoms with van der Waals surface area (Å²) in [4.78, 5) is 17.5. The van der Waals surface area contributed by atoms with Crippen LogP contribution < -0.4 is 10.2 Å². The van der Waals surface area contributed by atoms with Crippen LogP contribution in [0, 0.1) is 13.8 Å². The molecule has 1 aliphatic heterocycles. The van der Waals surface area contributed by atoms with Crippen LogP contribution in [-0.2, 0) is 0 Å². The van der Waals surface area contributed by atoms with Gasteiger partial charge >= 0.3 is 0 Å². The Hall–Kier alpha value is -2.33. The Kier molecular flexibility index (Phi) is 6.17. The summed E-state index contributed by atoms with van der Waals surface area (Å²) in [6, 6.07) is 14.9. The van der Waals surface area contributed by atoms with Crippen LogP contribution in [0.4, 0.5) is 5.69 Å². The maximum atomic E-state index is 13.0. The van der Waals surface area contributed by atoms with Crippen molar-refractivity contribution in [3.8, 4) is 0 Å². The third kappa shape index (κ3) is 4.69. The van der Waals surface area contributed by atoms with Crippen LogP contribution in [0.25, 0.3) is 0 Å². The van der Waals surface area contributed by atoms with Gasteiger partial charge in [0.15, 0.2) is 0 Å². The van der Waals surface area contributed by atoms with Crippen LogP contribution in [0.5, 0.6) is 0 Å². The molecule has 1 heterocycles. The number of nitrogens with one attached hydrogen (secondary N) is 1. The number of aryl methyl sites for hydroxylation is 2. The molecule has 0 spiro atoms. The van der Waals surface area contributed by atoms with Gasteiger partial charge in [-0.2, -0.15) is 0 Å². The molecule has 3 rings (SSSR count). The molecular formula is C23H31N3O. The molecule has 0 radical (unpaired) electrons. The average molecular weight is 366 g/mol. The summed E-state index contributed by atoms with van der Waals surface area (Å²) in [5.41, 5.74) is 5.43. The zero-order chi connectivity index (χ0) is 19.4. The van der Waals surface area contributed by atoms with Crippen LogP contribution >= 0.6 is 0 Å². The van der Waals surface area contributed by atoms with Crippen molar-refractivity contribution in [1.82, 2.24) is 10.2 Å². The second-order valence-electron chi connectivity index (χ2n) is 7.81. The number of rotatable bonds is 6. The van der Waals surface area contributed by atoms with Crippen molar-refractivity contribution < 1.29 is 4.79 Å². The summed E-state index contributed by atoms with van der Waals surface area (Å²) < 4.78 is 0. The maximum Gasteiger partial charge on any atom is 0.253 e. The Morgan fingerprint density at radius 3 is 2.30 bits per heavy atom. The lowest BCUT2D eigenvalue weighted by atomic mass is 10.0. The summed E-state index contributed by atoms with van der Waals surface area (Å²) in [5, 5.41) is 3.18. The molecule has 0 aromatic heterocycles. The lowest BCUT2D eigenvalue weighted by Gasteiger charge is -2.26. The van der Waals surface area contributed by atoms with Crippen LogP contribution in [-0.4, -0.2) is 44.5 Å². The summed E-state index contributed by atoms with van der Waals surface area (Å²) in [6.45, 7) is 6.79. The predicted octanol–water partition coefficient (Wildman–Crippen LogP) is 3.94. The standard InChI is InChI=1S/C23H31N3O/c1-17-7-10-19(11-8-17)22(25(3)4)16-24-23(27)20-15-18(2)9-12-21(20)26-13-5-6-14-26/h7-12,15,22H,5-6,13-14,16H2,1-4H3,(H,24,27). The molecule has 1 saturated heterocycles. The first-order valence-electron chi connectivity index (χ1n) is 9.82. The van der Waals surface area contributed by atoms with Gasteiger partial charge in [-0.25, -0.2) is 0 Å². The number of anilines is 1. The topological polar surface area (TPSA) is 35.6 Å². The third-order valence-corrected chi connectivity index (χ3v) is 5.38. The monoisotopic (exact) mass is 365 g/mol.